The van der Waals surface area contributed by atoms with Crippen LogP contribution in [0.1, 0.15) is 110 Å². The van der Waals surface area contributed by atoms with E-state index in [1.807, 2.05) is 0 Å². The number of hydrogen-bond acceptors (Lipinski definition) is 4. The van der Waals surface area contributed by atoms with E-state index in [0.29, 0.717) is 6.42 Å². The summed E-state index contributed by atoms with van der Waals surface area (Å²) < 4.78 is 4.42. The highest BCUT2D eigenvalue weighted by molar-refractivity contribution is 6.08. The van der Waals surface area contributed by atoms with Crippen molar-refractivity contribution in [2.75, 3.05) is 0 Å². The summed E-state index contributed by atoms with van der Waals surface area (Å²) >= 11 is 0. The lowest BCUT2D eigenvalue weighted by molar-refractivity contribution is -0.153. The lowest BCUT2D eigenvalue weighted by Crippen LogP contribution is -2.18. The molecular weight excluding hydrogens is 316 g/mol. The molecule has 4 heteroatoms. The van der Waals surface area contributed by atoms with Gasteiger partial charge in [-0.05, 0) is 6.42 Å². The molecule has 1 unspecified atom stereocenters. The van der Waals surface area contributed by atoms with Crippen molar-refractivity contribution in [3.05, 3.63) is 0 Å². The molecule has 0 bridgehead atoms. The first kappa shape index (κ1) is 21.9. The van der Waals surface area contributed by atoms with Crippen molar-refractivity contribution >= 4 is 17.7 Å². The molecule has 1 saturated heterocycles. The first-order chi connectivity index (χ1) is 12.1. The number of cyclic esters (lactones) is 2. The zero-order chi connectivity index (χ0) is 18.3. The number of hydrogen-bond donors (Lipinski definition) is 0. The van der Waals surface area contributed by atoms with Gasteiger partial charge in [-0.2, -0.15) is 0 Å². The lowest BCUT2D eigenvalue weighted by Gasteiger charge is -2.04. The maximum absolute atomic E-state index is 11.9. The van der Waals surface area contributed by atoms with Gasteiger partial charge < -0.3 is 4.74 Å². The van der Waals surface area contributed by atoms with Crippen LogP contribution in [0.3, 0.4) is 0 Å². The van der Waals surface area contributed by atoms with Crippen LogP contribution in [0.25, 0.3) is 0 Å². The molecule has 0 saturated carbocycles. The number of rotatable bonds is 16. The first-order valence-electron chi connectivity index (χ1n) is 10.4. The van der Waals surface area contributed by atoms with E-state index in [9.17, 15) is 14.4 Å². The second-order valence-corrected chi connectivity index (χ2v) is 7.36. The van der Waals surface area contributed by atoms with E-state index in [-0.39, 0.29) is 12.2 Å². The third kappa shape index (κ3) is 10.4. The van der Waals surface area contributed by atoms with E-state index in [1.165, 1.54) is 70.6 Å². The van der Waals surface area contributed by atoms with Crippen LogP contribution in [0, 0.1) is 5.92 Å². The first-order valence-corrected chi connectivity index (χ1v) is 10.4. The molecule has 1 aliphatic rings. The molecule has 1 aliphatic heterocycles. The SMILES string of the molecule is CCCCCCCCCCCCCCCCC(=O)C1CC(=O)OC1=O. The Morgan fingerprint density at radius 3 is 1.64 bits per heavy atom. The molecule has 0 aliphatic carbocycles. The van der Waals surface area contributed by atoms with E-state index in [0.717, 1.165) is 19.3 Å². The molecule has 0 N–H and O–H groups in total. The molecule has 25 heavy (non-hydrogen) atoms. The molecule has 144 valence electrons. The Morgan fingerprint density at radius 2 is 1.24 bits per heavy atom. The topological polar surface area (TPSA) is 60.4 Å². The minimum absolute atomic E-state index is 0.0593. The van der Waals surface area contributed by atoms with Crippen LogP contribution in [0.2, 0.25) is 0 Å². The zero-order valence-electron chi connectivity index (χ0n) is 16.0. The van der Waals surface area contributed by atoms with Crippen LogP contribution in [0.15, 0.2) is 0 Å². The highest BCUT2D eigenvalue weighted by atomic mass is 16.6. The van der Waals surface area contributed by atoms with Crippen LogP contribution in [0.5, 0.6) is 0 Å². The number of unbranched alkanes of at least 4 members (excludes halogenated alkanes) is 13. The van der Waals surface area contributed by atoms with Crippen molar-refractivity contribution in [3.63, 3.8) is 0 Å². The molecule has 0 aromatic carbocycles. The molecule has 0 amide bonds. The maximum atomic E-state index is 11.9. The molecule has 1 fully saturated rings. The fraction of sp³-hybridized carbons (Fsp3) is 0.857. The van der Waals surface area contributed by atoms with Gasteiger partial charge in [0.05, 0.1) is 6.42 Å². The third-order valence-electron chi connectivity index (χ3n) is 5.04. The predicted molar refractivity (Wildman–Crippen MR) is 99.1 cm³/mol. The molecule has 0 aromatic rings. The van der Waals surface area contributed by atoms with Crippen molar-refractivity contribution in [2.24, 2.45) is 5.92 Å². The van der Waals surface area contributed by atoms with Gasteiger partial charge in [-0.25, -0.2) is 0 Å². The minimum atomic E-state index is -0.825. The fourth-order valence-electron chi connectivity index (χ4n) is 3.39. The zero-order valence-corrected chi connectivity index (χ0v) is 16.0. The molecule has 0 aromatic heterocycles. The Hall–Kier alpha value is -1.19. The molecule has 1 heterocycles. The van der Waals surface area contributed by atoms with Crippen molar-refractivity contribution in [1.29, 1.82) is 0 Å². The standard InChI is InChI=1S/C21H36O4/c1-2-3-4-5-6-7-8-9-10-11-12-13-14-15-16-19(22)18-17-20(23)25-21(18)24/h18H,2-17H2,1H3. The van der Waals surface area contributed by atoms with E-state index in [1.54, 1.807) is 0 Å². The number of carbonyl (C=O) groups is 3. The molecule has 4 nitrogen and oxygen atoms in total. The molecule has 0 spiro atoms. The van der Waals surface area contributed by atoms with Crippen LogP contribution in [-0.2, 0) is 19.1 Å². The van der Waals surface area contributed by atoms with Crippen molar-refractivity contribution in [3.8, 4) is 0 Å². The highest BCUT2D eigenvalue weighted by Crippen LogP contribution is 2.20. The quantitative estimate of drug-likeness (QED) is 0.208. The van der Waals surface area contributed by atoms with Crippen LogP contribution in [0.4, 0.5) is 0 Å². The number of Topliss-reactive ketones (excluding diaryl/α,β-unsaturated/α-hetero) is 1. The van der Waals surface area contributed by atoms with Gasteiger partial charge in [0.15, 0.2) is 0 Å². The Morgan fingerprint density at radius 1 is 0.800 bits per heavy atom. The average Bonchev–Trinajstić information content (AvgIpc) is 2.93. The summed E-state index contributed by atoms with van der Waals surface area (Å²) in [5.41, 5.74) is 0. The summed E-state index contributed by atoms with van der Waals surface area (Å²) in [6, 6.07) is 0. The van der Waals surface area contributed by atoms with Gasteiger partial charge in [-0.3, -0.25) is 14.4 Å². The van der Waals surface area contributed by atoms with Gasteiger partial charge in [0.25, 0.3) is 0 Å². The van der Waals surface area contributed by atoms with Gasteiger partial charge in [0, 0.05) is 6.42 Å². The summed E-state index contributed by atoms with van der Waals surface area (Å²) in [5.74, 6) is -2.17. The lowest BCUT2D eigenvalue weighted by atomic mass is 9.97. The molecule has 1 atom stereocenters. The van der Waals surface area contributed by atoms with Gasteiger partial charge in [0.2, 0.25) is 0 Å². The monoisotopic (exact) mass is 352 g/mol. The Bertz CT molecular complexity index is 403. The van der Waals surface area contributed by atoms with Crippen LogP contribution in [-0.4, -0.2) is 17.7 Å². The largest absolute Gasteiger partial charge is 0.393 e. The average molecular weight is 353 g/mol. The van der Waals surface area contributed by atoms with E-state index in [4.69, 9.17) is 0 Å². The smallest absolute Gasteiger partial charge is 0.324 e. The highest BCUT2D eigenvalue weighted by Gasteiger charge is 2.38. The number of esters is 2. The van der Waals surface area contributed by atoms with Gasteiger partial charge in [0.1, 0.15) is 11.7 Å². The molecule has 1 rings (SSSR count). The predicted octanol–water partition coefficient (Wildman–Crippen LogP) is 5.52. The minimum Gasteiger partial charge on any atom is -0.393 e. The van der Waals surface area contributed by atoms with Gasteiger partial charge in [-0.1, -0.05) is 90.4 Å². The number of ether oxygens (including phenoxy) is 1. The normalized spacial score (nSPS) is 17.1. The van der Waals surface area contributed by atoms with Crippen molar-refractivity contribution < 1.29 is 19.1 Å². The van der Waals surface area contributed by atoms with E-state index >= 15 is 0 Å². The summed E-state index contributed by atoms with van der Waals surface area (Å²) in [5, 5.41) is 0. The summed E-state index contributed by atoms with van der Waals surface area (Å²) in [7, 11) is 0. The van der Waals surface area contributed by atoms with E-state index < -0.39 is 17.9 Å². The Balaban J connectivity index is 1.82. The summed E-state index contributed by atoms with van der Waals surface area (Å²) in [6.45, 7) is 2.26. The second kappa shape index (κ2) is 14.0. The fourth-order valence-corrected chi connectivity index (χ4v) is 3.39. The van der Waals surface area contributed by atoms with Crippen LogP contribution >= 0.6 is 0 Å². The van der Waals surface area contributed by atoms with Gasteiger partial charge in [-0.15, -0.1) is 0 Å². The number of ketones is 1. The second-order valence-electron chi connectivity index (χ2n) is 7.36. The van der Waals surface area contributed by atoms with Gasteiger partial charge >= 0.3 is 11.9 Å². The molecule has 0 radical (unpaired) electrons. The summed E-state index contributed by atoms with van der Waals surface area (Å²) in [4.78, 5) is 34.2. The summed E-state index contributed by atoms with van der Waals surface area (Å²) in [6.07, 6.45) is 18.2. The maximum Gasteiger partial charge on any atom is 0.324 e. The van der Waals surface area contributed by atoms with Crippen molar-refractivity contribution in [1.82, 2.24) is 0 Å². The van der Waals surface area contributed by atoms with E-state index in [2.05, 4.69) is 11.7 Å². The Kier molecular flexibility index (Phi) is 12.3. The number of carbonyl (C=O) groups excluding carboxylic acids is 3. The Labute approximate surface area is 153 Å². The van der Waals surface area contributed by atoms with Crippen LogP contribution < -0.4 is 0 Å². The van der Waals surface area contributed by atoms with Crippen molar-refractivity contribution in [2.45, 2.75) is 110 Å². The third-order valence-corrected chi connectivity index (χ3v) is 5.04. The molecular formula is C21H36O4.